The third kappa shape index (κ3) is 8.74. The molecule has 3 heterocycles. The lowest BCUT2D eigenvalue weighted by Crippen LogP contribution is -2.47. The Hall–Kier alpha value is -4.07. The number of ketones is 1. The molecule has 14 heteroatoms. The van der Waals surface area contributed by atoms with E-state index in [1.807, 2.05) is 19.1 Å². The molecule has 0 unspecified atom stereocenters. The van der Waals surface area contributed by atoms with Crippen LogP contribution in [0.4, 0.5) is 4.39 Å². The number of benzene rings is 1. The molecule has 3 fully saturated rings. The average molecular weight is 770 g/mol. The van der Waals surface area contributed by atoms with E-state index in [1.54, 1.807) is 26.8 Å². The standard InChI is InChI=1S/C40H52FN3O9S/c1-23-8-7-9-24(2)30(18-35(46)53-39(3,4)5)37(47)44-22-27(52-36-31-16-26(41)12-15-29(31)34(51-6)21-42-36)17-32(44)33(45)20-40(19-25(40)11-10-23)38(48)43-54(49,50)28-13-14-28/h10-12,15-16,21,23-25,27-28,30,32H,7-9,13-14,17-20,22H2,1-6H3,(H,43,48)/b11-10-/t23-,24-,25-,27-,30+,32+,40-/m1/s1. The number of amides is 2. The highest BCUT2D eigenvalue weighted by Gasteiger charge is 2.61. The second-order valence-corrected chi connectivity index (χ2v) is 18.7. The van der Waals surface area contributed by atoms with Crippen molar-refractivity contribution in [2.45, 2.75) is 115 Å². The first kappa shape index (κ1) is 39.6. The smallest absolute Gasteiger partial charge is 0.307 e. The number of methoxy groups -OCH3 is 1. The van der Waals surface area contributed by atoms with Crippen molar-refractivity contribution in [2.75, 3.05) is 13.7 Å². The second-order valence-electron chi connectivity index (χ2n) is 16.8. The van der Waals surface area contributed by atoms with Crippen LogP contribution in [0.2, 0.25) is 0 Å². The average Bonchev–Trinajstić information content (AvgIpc) is 4.02. The summed E-state index contributed by atoms with van der Waals surface area (Å²) in [5, 5.41) is 0.290. The van der Waals surface area contributed by atoms with Crippen LogP contribution in [-0.2, 0) is 33.9 Å². The van der Waals surface area contributed by atoms with Gasteiger partial charge in [-0.25, -0.2) is 17.8 Å². The molecule has 2 aromatic rings. The summed E-state index contributed by atoms with van der Waals surface area (Å²) in [7, 11) is -2.41. The molecule has 0 radical (unpaired) electrons. The van der Waals surface area contributed by atoms with Crippen molar-refractivity contribution in [1.82, 2.24) is 14.6 Å². The van der Waals surface area contributed by atoms with Gasteiger partial charge in [-0.2, -0.15) is 0 Å². The number of nitrogens with one attached hydrogen (secondary N) is 1. The third-order valence-corrected chi connectivity index (χ3v) is 13.1. The van der Waals surface area contributed by atoms with Gasteiger partial charge in [-0.3, -0.25) is 23.9 Å². The zero-order chi connectivity index (χ0) is 39.2. The van der Waals surface area contributed by atoms with E-state index in [-0.39, 0.29) is 49.4 Å². The minimum absolute atomic E-state index is 0.0348. The minimum Gasteiger partial charge on any atom is -0.494 e. The number of allylic oxidation sites excluding steroid dienone is 2. The molecule has 12 nitrogen and oxygen atoms in total. The first-order chi connectivity index (χ1) is 25.4. The maximum absolute atomic E-state index is 14.8. The Morgan fingerprint density at radius 2 is 1.81 bits per heavy atom. The van der Waals surface area contributed by atoms with E-state index in [2.05, 4.69) is 16.6 Å². The molecule has 1 N–H and O–H groups in total. The number of rotatable bonds is 8. The van der Waals surface area contributed by atoms with Gasteiger partial charge in [-0.15, -0.1) is 0 Å². The van der Waals surface area contributed by atoms with Gasteiger partial charge >= 0.3 is 5.97 Å². The number of fused-ring (bicyclic) bond motifs is 3. The van der Waals surface area contributed by atoms with E-state index in [9.17, 15) is 32.0 Å². The van der Waals surface area contributed by atoms with E-state index >= 15 is 0 Å². The predicted molar refractivity (Wildman–Crippen MR) is 198 cm³/mol. The first-order valence-electron chi connectivity index (χ1n) is 19.0. The third-order valence-electron chi connectivity index (χ3n) is 11.3. The molecule has 1 aromatic heterocycles. The molecule has 1 saturated heterocycles. The summed E-state index contributed by atoms with van der Waals surface area (Å²) in [5.74, 6) is -3.32. The van der Waals surface area contributed by atoms with E-state index in [0.29, 0.717) is 42.2 Å². The summed E-state index contributed by atoms with van der Waals surface area (Å²) in [6.07, 6.45) is 7.66. The number of Topliss-reactive ketones (excluding diaryl/α,β-unsaturated/α-hetero) is 1. The van der Waals surface area contributed by atoms with Gasteiger partial charge in [0, 0.05) is 18.2 Å². The highest BCUT2D eigenvalue weighted by Crippen LogP contribution is 2.57. The van der Waals surface area contributed by atoms with Gasteiger partial charge in [-0.05, 0) is 88.8 Å². The number of pyridine rings is 1. The zero-order valence-corrected chi connectivity index (χ0v) is 32.7. The van der Waals surface area contributed by atoms with Crippen molar-refractivity contribution in [3.8, 4) is 11.6 Å². The first-order valence-corrected chi connectivity index (χ1v) is 20.5. The van der Waals surface area contributed by atoms with Crippen molar-refractivity contribution in [3.05, 3.63) is 42.4 Å². The Balaban J connectivity index is 1.35. The largest absolute Gasteiger partial charge is 0.494 e. The van der Waals surface area contributed by atoms with Gasteiger partial charge in [0.25, 0.3) is 0 Å². The summed E-state index contributed by atoms with van der Waals surface area (Å²) in [6, 6.07) is 3.09. The Morgan fingerprint density at radius 3 is 2.50 bits per heavy atom. The topological polar surface area (TPSA) is 158 Å². The Labute approximate surface area is 316 Å². The SMILES string of the molecule is COc1cnc(O[C@@H]2C[C@H]3C(=O)C[C@]4(C(=O)NS(=O)(=O)C5CC5)C[C@H]4/C=C\[C@H](C)CCC[C@@H](C)[C@H](CC(=O)OC(C)(C)C)C(=O)N3C2)c2cc(F)ccc12. The van der Waals surface area contributed by atoms with Crippen LogP contribution in [0.25, 0.3) is 10.8 Å². The molecule has 4 aliphatic rings. The van der Waals surface area contributed by atoms with Crippen molar-refractivity contribution < 1.29 is 46.2 Å². The highest BCUT2D eigenvalue weighted by atomic mass is 32.2. The fourth-order valence-corrected chi connectivity index (χ4v) is 9.34. The minimum atomic E-state index is -3.88. The molecule has 2 aliphatic heterocycles. The fraction of sp³-hybridized carbons (Fsp3) is 0.625. The number of aromatic nitrogens is 1. The van der Waals surface area contributed by atoms with E-state index in [4.69, 9.17) is 14.2 Å². The molecule has 0 bridgehead atoms. The molecular formula is C40H52FN3O9S. The maximum atomic E-state index is 14.8. The van der Waals surface area contributed by atoms with Gasteiger partial charge in [0.2, 0.25) is 27.7 Å². The van der Waals surface area contributed by atoms with E-state index in [0.717, 1.165) is 12.8 Å². The highest BCUT2D eigenvalue weighted by molar-refractivity contribution is 7.90. The number of carbonyl (C=O) groups is 4. The van der Waals surface area contributed by atoms with Crippen LogP contribution in [0.15, 0.2) is 36.5 Å². The van der Waals surface area contributed by atoms with Crippen LogP contribution in [0.5, 0.6) is 11.6 Å². The molecular weight excluding hydrogens is 718 g/mol. The van der Waals surface area contributed by atoms with Gasteiger partial charge < -0.3 is 19.1 Å². The molecule has 294 valence electrons. The van der Waals surface area contributed by atoms with Gasteiger partial charge in [0.1, 0.15) is 23.3 Å². The number of ether oxygens (including phenoxy) is 3. The lowest BCUT2D eigenvalue weighted by Gasteiger charge is -2.32. The predicted octanol–water partition coefficient (Wildman–Crippen LogP) is 5.67. The van der Waals surface area contributed by atoms with Crippen LogP contribution in [0.1, 0.15) is 92.4 Å². The van der Waals surface area contributed by atoms with E-state index in [1.165, 1.54) is 30.3 Å². The zero-order valence-electron chi connectivity index (χ0n) is 31.9. The second kappa shape index (κ2) is 15.2. The van der Waals surface area contributed by atoms with Crippen molar-refractivity contribution in [1.29, 1.82) is 0 Å². The quantitative estimate of drug-likeness (QED) is 0.262. The number of halogens is 1. The monoisotopic (exact) mass is 769 g/mol. The van der Waals surface area contributed by atoms with Crippen molar-refractivity contribution in [2.24, 2.45) is 29.1 Å². The molecule has 6 rings (SSSR count). The Kier molecular flexibility index (Phi) is 11.2. The van der Waals surface area contributed by atoms with Gasteiger partial charge in [-0.1, -0.05) is 32.4 Å². The molecule has 54 heavy (non-hydrogen) atoms. The number of hydrogen-bond acceptors (Lipinski definition) is 10. The number of esters is 1. The lowest BCUT2D eigenvalue weighted by atomic mass is 9.84. The number of hydrogen-bond donors (Lipinski definition) is 1. The summed E-state index contributed by atoms with van der Waals surface area (Å²) in [5.41, 5.74) is -2.07. The summed E-state index contributed by atoms with van der Waals surface area (Å²) in [4.78, 5) is 62.3. The van der Waals surface area contributed by atoms with Crippen molar-refractivity contribution >= 4 is 44.4 Å². The Morgan fingerprint density at radius 1 is 1.07 bits per heavy atom. The lowest BCUT2D eigenvalue weighted by molar-refractivity contribution is -0.159. The van der Waals surface area contributed by atoms with E-state index < -0.39 is 73.7 Å². The van der Waals surface area contributed by atoms with Crippen LogP contribution in [0.3, 0.4) is 0 Å². The molecule has 2 aliphatic carbocycles. The molecule has 2 amide bonds. The van der Waals surface area contributed by atoms with Crippen LogP contribution < -0.4 is 14.2 Å². The number of nitrogens with zero attached hydrogens (tertiary/aromatic N) is 2. The van der Waals surface area contributed by atoms with Crippen molar-refractivity contribution in [3.63, 3.8) is 0 Å². The van der Waals surface area contributed by atoms with Gasteiger partial charge in [0.15, 0.2) is 5.78 Å². The fourth-order valence-electron chi connectivity index (χ4n) is 7.95. The summed E-state index contributed by atoms with van der Waals surface area (Å²) >= 11 is 0. The summed E-state index contributed by atoms with van der Waals surface area (Å²) < 4.78 is 60.0. The molecule has 7 atom stereocenters. The number of carbonyl (C=O) groups excluding carboxylic acids is 4. The molecule has 1 aromatic carbocycles. The summed E-state index contributed by atoms with van der Waals surface area (Å²) in [6.45, 7) is 9.23. The van der Waals surface area contributed by atoms with Crippen LogP contribution in [-0.4, -0.2) is 78.5 Å². The van der Waals surface area contributed by atoms with Crippen LogP contribution in [0, 0.1) is 34.9 Å². The normalized spacial score (nSPS) is 30.0. The number of sulfonamides is 1. The molecule has 0 spiro atoms. The van der Waals surface area contributed by atoms with Crippen LogP contribution >= 0.6 is 0 Å². The molecule has 2 saturated carbocycles. The van der Waals surface area contributed by atoms with Gasteiger partial charge in [0.05, 0.1) is 54.3 Å². The Bertz CT molecular complexity index is 1940. The maximum Gasteiger partial charge on any atom is 0.307 e.